The molecule has 4 nitrogen and oxygen atoms in total. The van der Waals surface area contributed by atoms with Crippen molar-refractivity contribution < 1.29 is 9.53 Å². The van der Waals surface area contributed by atoms with Gasteiger partial charge in [-0.25, -0.2) is 4.79 Å². The highest BCUT2D eigenvalue weighted by atomic mass is 35.5. The van der Waals surface area contributed by atoms with E-state index in [-0.39, 0.29) is 6.03 Å². The number of benzene rings is 1. The number of carbonyl (C=O) groups is 1. The third kappa shape index (κ3) is 2.55. The van der Waals surface area contributed by atoms with Gasteiger partial charge < -0.3 is 15.0 Å². The monoisotopic (exact) mass is 280 g/mol. The molecule has 2 fully saturated rings. The first-order chi connectivity index (χ1) is 9.19. The van der Waals surface area contributed by atoms with Crippen LogP contribution in [0.25, 0.3) is 0 Å². The molecule has 1 N–H and O–H groups in total. The largest absolute Gasteiger partial charge is 0.381 e. The van der Waals surface area contributed by atoms with E-state index in [0.717, 1.165) is 39.1 Å². The average Bonchev–Trinajstić information content (AvgIpc) is 2.39. The molecule has 1 aromatic carbocycles. The van der Waals surface area contributed by atoms with Gasteiger partial charge in [-0.2, -0.15) is 0 Å². The van der Waals surface area contributed by atoms with Crippen molar-refractivity contribution in [1.29, 1.82) is 0 Å². The Morgan fingerprint density at radius 3 is 2.63 bits per heavy atom. The Hall–Kier alpha value is -1.26. The first kappa shape index (κ1) is 12.8. The van der Waals surface area contributed by atoms with E-state index in [2.05, 4.69) is 5.32 Å². The standard InChI is InChI=1S/C14H17ClN2O2/c15-11-3-1-2-4-12(11)16-13(18)17-9-14(10-17)5-7-19-8-6-14/h1-4H,5-10H2,(H,16,18). The van der Waals surface area contributed by atoms with E-state index in [0.29, 0.717) is 16.1 Å². The van der Waals surface area contributed by atoms with E-state index in [1.807, 2.05) is 23.1 Å². The molecule has 5 heteroatoms. The molecule has 19 heavy (non-hydrogen) atoms. The van der Waals surface area contributed by atoms with Crippen molar-refractivity contribution in [2.45, 2.75) is 12.8 Å². The number of ether oxygens (including phenoxy) is 1. The van der Waals surface area contributed by atoms with Crippen molar-refractivity contribution in [2.24, 2.45) is 5.41 Å². The maximum Gasteiger partial charge on any atom is 0.321 e. The topological polar surface area (TPSA) is 41.6 Å². The highest BCUT2D eigenvalue weighted by Crippen LogP contribution is 2.40. The van der Waals surface area contributed by atoms with E-state index >= 15 is 0 Å². The number of amides is 2. The summed E-state index contributed by atoms with van der Waals surface area (Å²) in [7, 11) is 0. The molecule has 1 spiro atoms. The van der Waals surface area contributed by atoms with Crippen molar-refractivity contribution in [2.75, 3.05) is 31.6 Å². The van der Waals surface area contributed by atoms with Gasteiger partial charge in [-0.05, 0) is 25.0 Å². The van der Waals surface area contributed by atoms with Crippen LogP contribution in [0.1, 0.15) is 12.8 Å². The second-order valence-electron chi connectivity index (χ2n) is 5.38. The van der Waals surface area contributed by atoms with Gasteiger partial charge in [0.25, 0.3) is 0 Å². The van der Waals surface area contributed by atoms with Crippen molar-refractivity contribution in [1.82, 2.24) is 4.90 Å². The van der Waals surface area contributed by atoms with Crippen LogP contribution in [0.4, 0.5) is 10.5 Å². The first-order valence-electron chi connectivity index (χ1n) is 6.57. The Bertz CT molecular complexity index is 478. The summed E-state index contributed by atoms with van der Waals surface area (Å²) in [6.45, 7) is 3.29. The number of hydrogen-bond acceptors (Lipinski definition) is 2. The number of para-hydroxylation sites is 1. The number of hydrogen-bond donors (Lipinski definition) is 1. The molecule has 0 atom stereocenters. The molecule has 0 radical (unpaired) electrons. The molecule has 2 aliphatic heterocycles. The van der Waals surface area contributed by atoms with E-state index in [1.165, 1.54) is 0 Å². The van der Waals surface area contributed by atoms with Crippen molar-refractivity contribution >= 4 is 23.3 Å². The maximum atomic E-state index is 12.1. The number of halogens is 1. The quantitative estimate of drug-likeness (QED) is 0.859. The summed E-state index contributed by atoms with van der Waals surface area (Å²) in [6.07, 6.45) is 2.12. The fourth-order valence-electron chi connectivity index (χ4n) is 2.78. The van der Waals surface area contributed by atoms with Crippen molar-refractivity contribution in [3.63, 3.8) is 0 Å². The minimum Gasteiger partial charge on any atom is -0.381 e. The molecule has 0 aliphatic carbocycles. The Labute approximate surface area is 117 Å². The number of nitrogens with one attached hydrogen (secondary N) is 1. The molecule has 2 aliphatic rings. The molecule has 2 amide bonds. The van der Waals surface area contributed by atoms with E-state index < -0.39 is 0 Å². The lowest BCUT2D eigenvalue weighted by atomic mass is 9.73. The summed E-state index contributed by atoms with van der Waals surface area (Å²) in [5, 5.41) is 3.42. The van der Waals surface area contributed by atoms with Crippen LogP contribution in [0.5, 0.6) is 0 Å². The summed E-state index contributed by atoms with van der Waals surface area (Å²) in [6, 6.07) is 7.22. The number of carbonyl (C=O) groups excluding carboxylic acids is 1. The Balaban J connectivity index is 1.57. The second-order valence-corrected chi connectivity index (χ2v) is 5.79. The average molecular weight is 281 g/mol. The molecule has 2 saturated heterocycles. The molecule has 0 unspecified atom stereocenters. The molecule has 102 valence electrons. The molecular weight excluding hydrogens is 264 g/mol. The van der Waals surface area contributed by atoms with Crippen LogP contribution in [0, 0.1) is 5.41 Å². The van der Waals surface area contributed by atoms with Gasteiger partial charge in [0.1, 0.15) is 0 Å². The lowest BCUT2D eigenvalue weighted by molar-refractivity contribution is -0.0596. The summed E-state index contributed by atoms with van der Waals surface area (Å²) >= 11 is 6.03. The number of anilines is 1. The number of rotatable bonds is 1. The van der Waals surface area contributed by atoms with E-state index in [4.69, 9.17) is 16.3 Å². The van der Waals surface area contributed by atoms with Crippen LogP contribution >= 0.6 is 11.6 Å². The summed E-state index contributed by atoms with van der Waals surface area (Å²) in [5.41, 5.74) is 0.970. The lowest BCUT2D eigenvalue weighted by Crippen LogP contribution is -2.61. The number of likely N-dealkylation sites (tertiary alicyclic amines) is 1. The van der Waals surface area contributed by atoms with Gasteiger partial charge in [-0.15, -0.1) is 0 Å². The normalized spacial score (nSPS) is 21.0. The van der Waals surface area contributed by atoms with Gasteiger partial charge in [-0.1, -0.05) is 23.7 Å². The molecule has 0 bridgehead atoms. The fourth-order valence-corrected chi connectivity index (χ4v) is 2.97. The highest BCUT2D eigenvalue weighted by molar-refractivity contribution is 6.33. The van der Waals surface area contributed by atoms with Crippen LogP contribution in [0.3, 0.4) is 0 Å². The first-order valence-corrected chi connectivity index (χ1v) is 6.95. The maximum absolute atomic E-state index is 12.1. The van der Waals surface area contributed by atoms with Crippen LogP contribution in [-0.4, -0.2) is 37.2 Å². The smallest absolute Gasteiger partial charge is 0.321 e. The van der Waals surface area contributed by atoms with Crippen molar-refractivity contribution in [3.8, 4) is 0 Å². The zero-order chi connectivity index (χ0) is 13.3. The van der Waals surface area contributed by atoms with Crippen LogP contribution in [-0.2, 0) is 4.74 Å². The third-order valence-corrected chi connectivity index (χ3v) is 4.34. The minimum atomic E-state index is -0.0646. The van der Waals surface area contributed by atoms with Gasteiger partial charge in [0.05, 0.1) is 10.7 Å². The van der Waals surface area contributed by atoms with Crippen LogP contribution in [0.2, 0.25) is 5.02 Å². The summed E-state index contributed by atoms with van der Waals surface area (Å²) in [5.74, 6) is 0. The summed E-state index contributed by atoms with van der Waals surface area (Å²) in [4.78, 5) is 13.9. The van der Waals surface area contributed by atoms with Crippen molar-refractivity contribution in [3.05, 3.63) is 29.3 Å². The molecule has 1 aromatic rings. The number of urea groups is 1. The van der Waals surface area contributed by atoms with Gasteiger partial charge in [0.2, 0.25) is 0 Å². The SMILES string of the molecule is O=C(Nc1ccccc1Cl)N1CC2(CCOCC2)C1. The van der Waals surface area contributed by atoms with Gasteiger partial charge in [0.15, 0.2) is 0 Å². The molecule has 3 rings (SSSR count). The second kappa shape index (κ2) is 5.02. The zero-order valence-electron chi connectivity index (χ0n) is 10.7. The minimum absolute atomic E-state index is 0.0646. The van der Waals surface area contributed by atoms with Crippen LogP contribution < -0.4 is 5.32 Å². The highest BCUT2D eigenvalue weighted by Gasteiger charge is 2.45. The zero-order valence-corrected chi connectivity index (χ0v) is 11.4. The van der Waals surface area contributed by atoms with Gasteiger partial charge >= 0.3 is 6.03 Å². The van der Waals surface area contributed by atoms with Crippen LogP contribution in [0.15, 0.2) is 24.3 Å². The molecule has 2 heterocycles. The van der Waals surface area contributed by atoms with Gasteiger partial charge in [0, 0.05) is 31.7 Å². The van der Waals surface area contributed by atoms with E-state index in [9.17, 15) is 4.79 Å². The third-order valence-electron chi connectivity index (χ3n) is 4.01. The Kier molecular flexibility index (Phi) is 3.37. The van der Waals surface area contributed by atoms with Gasteiger partial charge in [-0.3, -0.25) is 0 Å². The fraction of sp³-hybridized carbons (Fsp3) is 0.500. The number of nitrogens with zero attached hydrogens (tertiary/aromatic N) is 1. The molecule has 0 saturated carbocycles. The Morgan fingerprint density at radius 2 is 1.95 bits per heavy atom. The predicted molar refractivity (Wildman–Crippen MR) is 74.5 cm³/mol. The molecular formula is C14H17ClN2O2. The molecule has 0 aromatic heterocycles. The summed E-state index contributed by atoms with van der Waals surface area (Å²) < 4.78 is 5.37. The predicted octanol–water partition coefficient (Wildman–Crippen LogP) is 2.98. The Morgan fingerprint density at radius 1 is 1.26 bits per heavy atom. The lowest BCUT2D eigenvalue weighted by Gasteiger charge is -2.51. The van der Waals surface area contributed by atoms with E-state index in [1.54, 1.807) is 6.07 Å².